The molecule has 1 aromatic carbocycles. The van der Waals surface area contributed by atoms with Crippen molar-refractivity contribution in [2.24, 2.45) is 0 Å². The van der Waals surface area contributed by atoms with Crippen molar-refractivity contribution in [1.29, 1.82) is 0 Å². The molecule has 0 unspecified atom stereocenters. The first-order chi connectivity index (χ1) is 10.2. The molecule has 1 aliphatic rings. The van der Waals surface area contributed by atoms with Crippen molar-refractivity contribution in [3.8, 4) is 17.1 Å². The van der Waals surface area contributed by atoms with Crippen molar-refractivity contribution in [2.45, 2.75) is 13.0 Å². The Balaban J connectivity index is 2.14. The van der Waals surface area contributed by atoms with E-state index in [2.05, 4.69) is 15.3 Å². The number of aromatic nitrogens is 2. The highest BCUT2D eigenvalue weighted by Crippen LogP contribution is 2.24. The van der Waals surface area contributed by atoms with Crippen LogP contribution in [-0.2, 0) is 13.0 Å². The number of carboxylic acid groups (broad SMARTS) is 1. The van der Waals surface area contributed by atoms with E-state index in [4.69, 9.17) is 4.74 Å². The second-order valence-electron chi connectivity index (χ2n) is 4.78. The van der Waals surface area contributed by atoms with Crippen LogP contribution in [0.25, 0.3) is 11.4 Å². The zero-order chi connectivity index (χ0) is 14.8. The number of methoxy groups -OCH3 is 1. The summed E-state index contributed by atoms with van der Waals surface area (Å²) in [6.07, 6.45) is 0.703. The number of ether oxygens (including phenoxy) is 1. The Bertz CT molecular complexity index is 701. The van der Waals surface area contributed by atoms with Gasteiger partial charge in [-0.2, -0.15) is 0 Å². The summed E-state index contributed by atoms with van der Waals surface area (Å²) in [6.45, 7) is 1.29. The van der Waals surface area contributed by atoms with Crippen molar-refractivity contribution in [1.82, 2.24) is 15.3 Å². The van der Waals surface area contributed by atoms with Crippen LogP contribution in [0, 0.1) is 0 Å². The van der Waals surface area contributed by atoms with Gasteiger partial charge in [-0.3, -0.25) is 0 Å². The number of hydrogen-bond donors (Lipinski definition) is 2. The normalized spacial score (nSPS) is 13.6. The maximum atomic E-state index is 11.4. The average Bonchev–Trinajstić information content (AvgIpc) is 2.53. The monoisotopic (exact) mass is 285 g/mol. The molecule has 1 aromatic heterocycles. The van der Waals surface area contributed by atoms with E-state index in [-0.39, 0.29) is 5.69 Å². The van der Waals surface area contributed by atoms with E-state index in [0.717, 1.165) is 17.8 Å². The summed E-state index contributed by atoms with van der Waals surface area (Å²) in [5.41, 5.74) is 2.31. The highest BCUT2D eigenvalue weighted by molar-refractivity contribution is 5.88. The molecule has 0 bridgehead atoms. The SMILES string of the molecule is COc1cccc(-c2nc3c(c(C(=O)O)n2)CNCC3)c1. The maximum absolute atomic E-state index is 11.4. The van der Waals surface area contributed by atoms with Gasteiger partial charge in [-0.1, -0.05) is 12.1 Å². The molecular weight excluding hydrogens is 270 g/mol. The number of hydrogen-bond acceptors (Lipinski definition) is 5. The van der Waals surface area contributed by atoms with Gasteiger partial charge in [0, 0.05) is 30.6 Å². The van der Waals surface area contributed by atoms with Gasteiger partial charge in [0.1, 0.15) is 5.75 Å². The lowest BCUT2D eigenvalue weighted by atomic mass is 10.0. The van der Waals surface area contributed by atoms with E-state index in [0.29, 0.717) is 30.1 Å². The van der Waals surface area contributed by atoms with E-state index in [1.165, 1.54) is 0 Å². The molecule has 2 aromatic rings. The Kier molecular flexibility index (Phi) is 3.53. The molecule has 0 saturated heterocycles. The summed E-state index contributed by atoms with van der Waals surface area (Å²) in [4.78, 5) is 20.2. The van der Waals surface area contributed by atoms with E-state index < -0.39 is 5.97 Å². The molecule has 0 amide bonds. The van der Waals surface area contributed by atoms with Gasteiger partial charge in [0.2, 0.25) is 0 Å². The van der Waals surface area contributed by atoms with Crippen LogP contribution in [0.4, 0.5) is 0 Å². The van der Waals surface area contributed by atoms with Crippen LogP contribution in [0.3, 0.4) is 0 Å². The van der Waals surface area contributed by atoms with E-state index in [1.807, 2.05) is 18.2 Å². The van der Waals surface area contributed by atoms with Gasteiger partial charge in [-0.05, 0) is 12.1 Å². The lowest BCUT2D eigenvalue weighted by molar-refractivity contribution is 0.0688. The van der Waals surface area contributed by atoms with Crippen molar-refractivity contribution in [3.63, 3.8) is 0 Å². The molecule has 0 radical (unpaired) electrons. The van der Waals surface area contributed by atoms with Gasteiger partial charge in [-0.15, -0.1) is 0 Å². The minimum Gasteiger partial charge on any atom is -0.497 e. The predicted octanol–water partition coefficient (Wildman–Crippen LogP) is 1.50. The van der Waals surface area contributed by atoms with Gasteiger partial charge < -0.3 is 15.2 Å². The third-order valence-electron chi connectivity index (χ3n) is 3.46. The molecule has 21 heavy (non-hydrogen) atoms. The predicted molar refractivity (Wildman–Crippen MR) is 76.4 cm³/mol. The summed E-state index contributed by atoms with van der Waals surface area (Å²) >= 11 is 0. The van der Waals surface area contributed by atoms with Crippen LogP contribution in [0.1, 0.15) is 21.7 Å². The number of nitrogens with one attached hydrogen (secondary N) is 1. The Morgan fingerprint density at radius 3 is 3.00 bits per heavy atom. The fraction of sp³-hybridized carbons (Fsp3) is 0.267. The zero-order valence-corrected chi connectivity index (χ0v) is 11.6. The molecule has 3 rings (SSSR count). The molecule has 6 heteroatoms. The topological polar surface area (TPSA) is 84.3 Å². The van der Waals surface area contributed by atoms with Crippen LogP contribution in [0.5, 0.6) is 5.75 Å². The quantitative estimate of drug-likeness (QED) is 0.889. The summed E-state index contributed by atoms with van der Waals surface area (Å²) in [5.74, 6) is 0.0841. The first-order valence-electron chi connectivity index (χ1n) is 6.67. The Hall–Kier alpha value is -2.47. The fourth-order valence-corrected chi connectivity index (χ4v) is 2.41. The largest absolute Gasteiger partial charge is 0.497 e. The number of fused-ring (bicyclic) bond motifs is 1. The van der Waals surface area contributed by atoms with Crippen LogP contribution < -0.4 is 10.1 Å². The minimum atomic E-state index is -1.03. The Morgan fingerprint density at radius 1 is 1.38 bits per heavy atom. The lowest BCUT2D eigenvalue weighted by Crippen LogP contribution is -2.28. The first kappa shape index (κ1) is 13.5. The molecule has 2 N–H and O–H groups in total. The fourth-order valence-electron chi connectivity index (χ4n) is 2.41. The number of aromatic carboxylic acids is 1. The van der Waals surface area contributed by atoms with Gasteiger partial charge in [0.25, 0.3) is 0 Å². The second-order valence-corrected chi connectivity index (χ2v) is 4.78. The van der Waals surface area contributed by atoms with E-state index in [9.17, 15) is 9.90 Å². The molecule has 1 aliphatic heterocycles. The van der Waals surface area contributed by atoms with Crippen molar-refractivity contribution >= 4 is 5.97 Å². The molecule has 2 heterocycles. The second kappa shape index (κ2) is 5.49. The lowest BCUT2D eigenvalue weighted by Gasteiger charge is -2.18. The van der Waals surface area contributed by atoms with Crippen LogP contribution >= 0.6 is 0 Å². The number of carbonyl (C=O) groups is 1. The summed E-state index contributed by atoms with van der Waals surface area (Å²) in [5, 5.41) is 12.5. The van der Waals surface area contributed by atoms with E-state index in [1.54, 1.807) is 13.2 Å². The molecule has 0 fully saturated rings. The standard InChI is InChI=1S/C15H15N3O3/c1-21-10-4-2-3-9(7-10)14-17-12-5-6-16-8-11(12)13(18-14)15(19)20/h2-4,7,16H,5-6,8H2,1H3,(H,19,20). The van der Waals surface area contributed by atoms with Gasteiger partial charge in [0.05, 0.1) is 12.8 Å². The summed E-state index contributed by atoms with van der Waals surface area (Å²) in [7, 11) is 1.58. The highest BCUT2D eigenvalue weighted by Gasteiger charge is 2.22. The van der Waals surface area contributed by atoms with Gasteiger partial charge >= 0.3 is 5.97 Å². The number of carboxylic acids is 1. The highest BCUT2D eigenvalue weighted by atomic mass is 16.5. The molecule has 0 saturated carbocycles. The van der Waals surface area contributed by atoms with Crippen molar-refractivity contribution in [2.75, 3.05) is 13.7 Å². The van der Waals surface area contributed by atoms with Crippen LogP contribution in [0.2, 0.25) is 0 Å². The molecule has 0 spiro atoms. The third kappa shape index (κ3) is 2.57. The van der Waals surface area contributed by atoms with Gasteiger partial charge in [0.15, 0.2) is 11.5 Å². The van der Waals surface area contributed by atoms with Crippen LogP contribution in [-0.4, -0.2) is 34.7 Å². The maximum Gasteiger partial charge on any atom is 0.354 e. The van der Waals surface area contributed by atoms with Crippen molar-refractivity contribution < 1.29 is 14.6 Å². The molecular formula is C15H15N3O3. The zero-order valence-electron chi connectivity index (χ0n) is 11.6. The van der Waals surface area contributed by atoms with Crippen molar-refractivity contribution in [3.05, 3.63) is 41.2 Å². The number of benzene rings is 1. The number of nitrogens with zero attached hydrogens (tertiary/aromatic N) is 2. The van der Waals surface area contributed by atoms with Crippen LogP contribution in [0.15, 0.2) is 24.3 Å². The first-order valence-corrected chi connectivity index (χ1v) is 6.67. The molecule has 6 nitrogen and oxygen atoms in total. The van der Waals surface area contributed by atoms with E-state index >= 15 is 0 Å². The number of rotatable bonds is 3. The summed E-state index contributed by atoms with van der Waals surface area (Å²) in [6, 6.07) is 7.30. The smallest absolute Gasteiger partial charge is 0.354 e. The minimum absolute atomic E-state index is 0.0741. The summed E-state index contributed by atoms with van der Waals surface area (Å²) < 4.78 is 5.18. The van der Waals surface area contributed by atoms with Gasteiger partial charge in [-0.25, -0.2) is 14.8 Å². The molecule has 0 atom stereocenters. The molecule has 108 valence electrons. The molecule has 0 aliphatic carbocycles. The average molecular weight is 285 g/mol. The Morgan fingerprint density at radius 2 is 2.24 bits per heavy atom. The third-order valence-corrected chi connectivity index (χ3v) is 3.46. The Labute approximate surface area is 121 Å².